The first-order chi connectivity index (χ1) is 11.2. The third-order valence-corrected chi connectivity index (χ3v) is 6.18. The number of hydrogen-bond acceptors (Lipinski definition) is 5. The molecule has 0 aromatic heterocycles. The van der Waals surface area contributed by atoms with Crippen molar-refractivity contribution in [3.63, 3.8) is 0 Å². The van der Waals surface area contributed by atoms with Gasteiger partial charge in [0.1, 0.15) is 4.32 Å². The first-order valence-electron chi connectivity index (χ1n) is 7.65. The standard InChI is InChI=1S/C17H18N2OS3/c1-3-11-19-16(20)14(23-17(19)21)9-10-15-18(4-2)12-7-5-6-8-13(12)22-15/h5-10H,3-4,11H2,1-2H3/b14-9-,15-10+. The molecular formula is C17H18N2OS3. The van der Waals surface area contributed by atoms with E-state index >= 15 is 0 Å². The molecule has 1 aromatic carbocycles. The first-order valence-corrected chi connectivity index (χ1v) is 9.70. The number of fused-ring (bicyclic) bond motifs is 1. The van der Waals surface area contributed by atoms with Crippen molar-refractivity contribution in [2.45, 2.75) is 25.2 Å². The third kappa shape index (κ3) is 3.20. The van der Waals surface area contributed by atoms with E-state index < -0.39 is 0 Å². The van der Waals surface area contributed by atoms with Crippen LogP contribution in [0.3, 0.4) is 0 Å². The lowest BCUT2D eigenvalue weighted by molar-refractivity contribution is -0.122. The molecule has 0 saturated carbocycles. The Bertz CT molecular complexity index is 712. The molecule has 0 aliphatic carbocycles. The van der Waals surface area contributed by atoms with Gasteiger partial charge in [-0.1, -0.05) is 54.8 Å². The van der Waals surface area contributed by atoms with E-state index in [1.807, 2.05) is 12.2 Å². The van der Waals surface area contributed by atoms with Gasteiger partial charge in [-0.3, -0.25) is 9.69 Å². The fourth-order valence-electron chi connectivity index (χ4n) is 2.58. The van der Waals surface area contributed by atoms with Gasteiger partial charge in [-0.25, -0.2) is 0 Å². The van der Waals surface area contributed by atoms with Crippen molar-refractivity contribution in [1.29, 1.82) is 0 Å². The maximum absolute atomic E-state index is 12.4. The van der Waals surface area contributed by atoms with Crippen molar-refractivity contribution >= 4 is 51.7 Å². The highest BCUT2D eigenvalue weighted by Gasteiger charge is 2.31. The normalized spacial score (nSPS) is 21.0. The minimum atomic E-state index is 0.0299. The minimum Gasteiger partial charge on any atom is -0.335 e. The molecule has 2 aliphatic rings. The van der Waals surface area contributed by atoms with Gasteiger partial charge in [0.2, 0.25) is 0 Å². The Morgan fingerprint density at radius 2 is 1.91 bits per heavy atom. The Morgan fingerprint density at radius 1 is 1.13 bits per heavy atom. The van der Waals surface area contributed by atoms with Gasteiger partial charge in [0.25, 0.3) is 5.91 Å². The fraction of sp³-hybridized carbons (Fsp3) is 0.294. The monoisotopic (exact) mass is 362 g/mol. The highest BCUT2D eigenvalue weighted by Crippen LogP contribution is 2.45. The number of thiocarbonyl (C=S) groups is 1. The molecule has 120 valence electrons. The van der Waals surface area contributed by atoms with Gasteiger partial charge < -0.3 is 4.90 Å². The van der Waals surface area contributed by atoms with Gasteiger partial charge in [-0.05, 0) is 37.6 Å². The van der Waals surface area contributed by atoms with E-state index in [0.717, 1.165) is 18.0 Å². The SMILES string of the molecule is CCCN1C(=O)/C(=C/C=C2/Sc3ccccc3N2CC)SC1=S. The number of carbonyl (C=O) groups is 1. The van der Waals surface area contributed by atoms with E-state index in [9.17, 15) is 4.79 Å². The summed E-state index contributed by atoms with van der Waals surface area (Å²) in [5.41, 5.74) is 1.23. The largest absolute Gasteiger partial charge is 0.335 e. The van der Waals surface area contributed by atoms with Gasteiger partial charge in [0.15, 0.2) is 0 Å². The van der Waals surface area contributed by atoms with Crippen LogP contribution in [0.15, 0.2) is 51.2 Å². The van der Waals surface area contributed by atoms with Gasteiger partial charge in [-0.15, -0.1) is 0 Å². The molecule has 6 heteroatoms. The number of para-hydroxylation sites is 1. The van der Waals surface area contributed by atoms with Crippen LogP contribution in [0.5, 0.6) is 0 Å². The lowest BCUT2D eigenvalue weighted by Gasteiger charge is -2.17. The van der Waals surface area contributed by atoms with E-state index in [2.05, 4.69) is 43.0 Å². The molecule has 3 nitrogen and oxygen atoms in total. The zero-order valence-corrected chi connectivity index (χ0v) is 15.6. The van der Waals surface area contributed by atoms with Crippen molar-refractivity contribution in [1.82, 2.24) is 4.90 Å². The highest BCUT2D eigenvalue weighted by molar-refractivity contribution is 8.26. The lowest BCUT2D eigenvalue weighted by Crippen LogP contribution is -2.28. The van der Waals surface area contributed by atoms with Crippen LogP contribution in [-0.2, 0) is 4.79 Å². The minimum absolute atomic E-state index is 0.0299. The molecular weight excluding hydrogens is 344 g/mol. The summed E-state index contributed by atoms with van der Waals surface area (Å²) in [6.07, 6.45) is 4.86. The van der Waals surface area contributed by atoms with Crippen molar-refractivity contribution in [2.24, 2.45) is 0 Å². The maximum atomic E-state index is 12.4. The number of nitrogens with zero attached hydrogens (tertiary/aromatic N) is 2. The van der Waals surface area contributed by atoms with Gasteiger partial charge >= 0.3 is 0 Å². The van der Waals surface area contributed by atoms with Crippen LogP contribution in [0.25, 0.3) is 0 Å². The third-order valence-electron chi connectivity index (χ3n) is 3.65. The van der Waals surface area contributed by atoms with Gasteiger partial charge in [0, 0.05) is 18.0 Å². The summed E-state index contributed by atoms with van der Waals surface area (Å²) in [4.78, 5) is 18.3. The smallest absolute Gasteiger partial charge is 0.266 e. The summed E-state index contributed by atoms with van der Waals surface area (Å²) in [7, 11) is 0. The fourth-order valence-corrected chi connectivity index (χ4v) is 4.96. The number of allylic oxidation sites excluding steroid dienone is 2. The molecule has 1 amide bonds. The molecule has 0 atom stereocenters. The number of rotatable bonds is 4. The van der Waals surface area contributed by atoms with E-state index in [1.165, 1.54) is 22.3 Å². The summed E-state index contributed by atoms with van der Waals surface area (Å²) in [6.45, 7) is 5.79. The van der Waals surface area contributed by atoms with E-state index in [4.69, 9.17) is 12.2 Å². The summed E-state index contributed by atoms with van der Waals surface area (Å²) in [6, 6.07) is 8.37. The Balaban J connectivity index is 1.83. The van der Waals surface area contributed by atoms with Crippen molar-refractivity contribution in [3.05, 3.63) is 46.4 Å². The summed E-state index contributed by atoms with van der Waals surface area (Å²) in [5.74, 6) is 0.0299. The number of amides is 1. The predicted molar refractivity (Wildman–Crippen MR) is 104 cm³/mol. The molecule has 1 saturated heterocycles. The Labute approximate surface area is 150 Å². The average Bonchev–Trinajstić information content (AvgIpc) is 3.04. The van der Waals surface area contributed by atoms with E-state index in [1.54, 1.807) is 16.7 Å². The maximum Gasteiger partial charge on any atom is 0.266 e. The van der Waals surface area contributed by atoms with Crippen LogP contribution in [0.2, 0.25) is 0 Å². The molecule has 23 heavy (non-hydrogen) atoms. The second-order valence-electron chi connectivity index (χ2n) is 5.17. The average molecular weight is 363 g/mol. The Kier molecular flexibility index (Phi) is 5.14. The number of carbonyl (C=O) groups excluding carboxylic acids is 1. The Hall–Kier alpha value is -1.24. The summed E-state index contributed by atoms with van der Waals surface area (Å²) < 4.78 is 0.663. The molecule has 0 radical (unpaired) electrons. The van der Waals surface area contributed by atoms with Gasteiger partial charge in [0.05, 0.1) is 15.6 Å². The molecule has 1 fully saturated rings. The molecule has 1 aromatic rings. The molecule has 3 rings (SSSR count). The number of thioether (sulfide) groups is 2. The van der Waals surface area contributed by atoms with E-state index in [-0.39, 0.29) is 5.91 Å². The molecule has 0 N–H and O–H groups in total. The molecule has 0 spiro atoms. The quantitative estimate of drug-likeness (QED) is 0.575. The molecule has 0 bridgehead atoms. The topological polar surface area (TPSA) is 23.6 Å². The zero-order chi connectivity index (χ0) is 16.4. The van der Waals surface area contributed by atoms with Crippen LogP contribution in [0.1, 0.15) is 20.3 Å². The highest BCUT2D eigenvalue weighted by atomic mass is 32.2. The number of benzene rings is 1. The molecule has 2 heterocycles. The summed E-state index contributed by atoms with van der Waals surface area (Å²) in [5, 5.41) is 1.15. The Morgan fingerprint density at radius 3 is 2.65 bits per heavy atom. The first kappa shape index (κ1) is 16.6. The van der Waals surface area contributed by atoms with Crippen LogP contribution in [0.4, 0.5) is 5.69 Å². The predicted octanol–water partition coefficient (Wildman–Crippen LogP) is 4.61. The summed E-state index contributed by atoms with van der Waals surface area (Å²) >= 11 is 8.44. The van der Waals surface area contributed by atoms with Crippen molar-refractivity contribution in [3.8, 4) is 0 Å². The van der Waals surface area contributed by atoms with Crippen molar-refractivity contribution < 1.29 is 4.79 Å². The molecule has 0 unspecified atom stereocenters. The van der Waals surface area contributed by atoms with E-state index in [0.29, 0.717) is 15.8 Å². The lowest BCUT2D eigenvalue weighted by atomic mass is 10.3. The van der Waals surface area contributed by atoms with Crippen LogP contribution in [-0.4, -0.2) is 28.2 Å². The second-order valence-corrected chi connectivity index (χ2v) is 7.91. The molecule has 2 aliphatic heterocycles. The van der Waals surface area contributed by atoms with Gasteiger partial charge in [-0.2, -0.15) is 0 Å². The second kappa shape index (κ2) is 7.11. The number of hydrogen-bond donors (Lipinski definition) is 0. The van der Waals surface area contributed by atoms with Crippen molar-refractivity contribution in [2.75, 3.05) is 18.0 Å². The number of anilines is 1. The van der Waals surface area contributed by atoms with Crippen LogP contribution >= 0.6 is 35.7 Å². The van der Waals surface area contributed by atoms with Crippen LogP contribution in [0, 0.1) is 0 Å². The zero-order valence-electron chi connectivity index (χ0n) is 13.1. The van der Waals surface area contributed by atoms with Crippen LogP contribution < -0.4 is 4.90 Å².